The maximum atomic E-state index is 13.0. The number of imidazole rings is 1. The number of unbranched alkanes of at least 4 members (excludes halogenated alkanes) is 4. The quantitative estimate of drug-likeness (QED) is 0.0385. The Hall–Kier alpha value is -5.03. The van der Waals surface area contributed by atoms with Crippen molar-refractivity contribution in [2.45, 2.75) is 115 Å². The summed E-state index contributed by atoms with van der Waals surface area (Å²) in [4.78, 5) is 104. The van der Waals surface area contributed by atoms with Gasteiger partial charge in [-0.3, -0.25) is 33.6 Å². The fraction of sp³-hybridized carbons (Fsp3) is 0.732. The second-order valence-electron chi connectivity index (χ2n) is 15.3. The number of ketones is 1. The lowest BCUT2D eigenvalue weighted by molar-refractivity contribution is -0.145. The van der Waals surface area contributed by atoms with Crippen LogP contribution in [0.15, 0.2) is 12.5 Å². The van der Waals surface area contributed by atoms with Crippen LogP contribution in [-0.4, -0.2) is 158 Å². The Morgan fingerprint density at radius 2 is 1.32 bits per heavy atom. The lowest BCUT2D eigenvalue weighted by atomic mass is 9.88. The summed E-state index contributed by atoms with van der Waals surface area (Å²) in [5.41, 5.74) is 5.29. The van der Waals surface area contributed by atoms with Crippen molar-refractivity contribution < 1.29 is 67.5 Å². The lowest BCUT2D eigenvalue weighted by Gasteiger charge is -2.27. The van der Waals surface area contributed by atoms with Crippen LogP contribution < -0.4 is 32.3 Å². The molecule has 3 atom stereocenters. The van der Waals surface area contributed by atoms with Gasteiger partial charge in [0.15, 0.2) is 5.78 Å². The zero-order valence-electron chi connectivity index (χ0n) is 37.0. The number of carboxylic acids is 2. The van der Waals surface area contributed by atoms with Gasteiger partial charge in [-0.1, -0.05) is 32.6 Å². The normalized spacial score (nSPS) is 12.7. The highest BCUT2D eigenvalue weighted by Gasteiger charge is 2.34. The molecule has 1 rings (SSSR count). The molecule has 1 aromatic heterocycles. The molecule has 0 aliphatic rings. The van der Waals surface area contributed by atoms with Crippen molar-refractivity contribution in [2.75, 3.05) is 72.5 Å². The van der Waals surface area contributed by atoms with Crippen LogP contribution in [0.1, 0.15) is 97.1 Å². The number of carbonyl (C=O) groups excluding carboxylic acids is 6. The van der Waals surface area contributed by atoms with Crippen molar-refractivity contribution >= 4 is 47.3 Å². The number of aliphatic carboxylic acids is 2. The van der Waals surface area contributed by atoms with Crippen LogP contribution in [-0.2, 0) is 63.7 Å². The van der Waals surface area contributed by atoms with Crippen LogP contribution in [0.3, 0.4) is 0 Å². The van der Waals surface area contributed by atoms with E-state index < -0.39 is 47.2 Å². The van der Waals surface area contributed by atoms with Gasteiger partial charge in [0.1, 0.15) is 19.3 Å². The Labute approximate surface area is 368 Å². The van der Waals surface area contributed by atoms with Gasteiger partial charge in [0.25, 0.3) is 0 Å². The number of carboxylic acid groups (broad SMARTS) is 2. The molecule has 5 amide bonds. The van der Waals surface area contributed by atoms with Crippen LogP contribution in [0.4, 0.5) is 0 Å². The molecule has 0 radical (unpaired) electrons. The van der Waals surface area contributed by atoms with E-state index in [2.05, 4.69) is 43.5 Å². The van der Waals surface area contributed by atoms with E-state index in [1.807, 2.05) is 0 Å². The standard InChI is InChI=1S/C41H70N8O14/c1-4-5-6-7-11-35(52)48-32(40(58)59)12-13-34(51)45-15-17-60-19-22-63-27-37(54)46-16-18-61-20-21-62-26-36(53)44-14-9-8-10-29(39(56)57)23-33(50)41(2,3)49-38(55)31(42)24-30-25-43-28-47-30/h25,28-29,31-32H,4-24,26-27,42H2,1-3H3,(H,43,47)(H,44,53)(H,45,51)(H,46,54)(H,48,52)(H,49,55)(H,56,57)(H,58,59)/t29-,31+,32+/m1/s1. The average Bonchev–Trinajstić information content (AvgIpc) is 3.75. The van der Waals surface area contributed by atoms with Gasteiger partial charge in [-0.05, 0) is 39.5 Å². The van der Waals surface area contributed by atoms with Crippen molar-refractivity contribution in [1.82, 2.24) is 36.6 Å². The summed E-state index contributed by atoms with van der Waals surface area (Å²) in [6.45, 7) is 6.41. The number of nitrogens with two attached hydrogens (primary N) is 1. The largest absolute Gasteiger partial charge is 0.481 e. The first kappa shape index (κ1) is 56.0. The highest BCUT2D eigenvalue weighted by atomic mass is 16.5. The van der Waals surface area contributed by atoms with Crippen molar-refractivity contribution in [3.05, 3.63) is 18.2 Å². The van der Waals surface area contributed by atoms with Gasteiger partial charge in [0.05, 0.1) is 63.5 Å². The third kappa shape index (κ3) is 28.3. The van der Waals surface area contributed by atoms with Crippen molar-refractivity contribution in [3.63, 3.8) is 0 Å². The molecule has 0 saturated heterocycles. The van der Waals surface area contributed by atoms with E-state index in [9.17, 15) is 48.6 Å². The summed E-state index contributed by atoms with van der Waals surface area (Å²) in [7, 11) is 0. The van der Waals surface area contributed by atoms with Crippen LogP contribution in [0.5, 0.6) is 0 Å². The Morgan fingerprint density at radius 3 is 1.89 bits per heavy atom. The molecular weight excluding hydrogens is 828 g/mol. The number of nitrogens with one attached hydrogen (secondary N) is 6. The van der Waals surface area contributed by atoms with Crippen LogP contribution >= 0.6 is 0 Å². The molecule has 0 fully saturated rings. The molecule has 1 heterocycles. The van der Waals surface area contributed by atoms with E-state index >= 15 is 0 Å². The number of nitrogens with zero attached hydrogens (tertiary/aromatic N) is 1. The smallest absolute Gasteiger partial charge is 0.326 e. The summed E-state index contributed by atoms with van der Waals surface area (Å²) in [5.74, 6) is -5.69. The van der Waals surface area contributed by atoms with E-state index in [0.29, 0.717) is 25.0 Å². The number of rotatable bonds is 39. The van der Waals surface area contributed by atoms with Crippen LogP contribution in [0, 0.1) is 5.92 Å². The monoisotopic (exact) mass is 899 g/mol. The minimum absolute atomic E-state index is 0.0307. The molecule has 0 aliphatic carbocycles. The predicted octanol–water partition coefficient (Wildman–Crippen LogP) is -0.260. The fourth-order valence-corrected chi connectivity index (χ4v) is 5.73. The third-order valence-electron chi connectivity index (χ3n) is 9.45. The van der Waals surface area contributed by atoms with Crippen molar-refractivity contribution in [1.29, 1.82) is 0 Å². The molecule has 0 saturated carbocycles. The Morgan fingerprint density at radius 1 is 0.714 bits per heavy atom. The van der Waals surface area contributed by atoms with E-state index in [-0.39, 0.29) is 135 Å². The Balaban J connectivity index is 2.03. The number of hydrogen-bond acceptors (Lipinski definition) is 14. The van der Waals surface area contributed by atoms with Gasteiger partial charge in [-0.25, -0.2) is 9.78 Å². The van der Waals surface area contributed by atoms with Gasteiger partial charge in [-0.2, -0.15) is 0 Å². The SMILES string of the molecule is CCCCCCC(=O)N[C@@H](CCC(=O)NCCOCCOCC(=O)NCCOCCOCC(=O)NCCCC[C@H](CC(=O)C(C)(C)NC(=O)[C@@H](N)Cc1cnc[nH]1)C(=O)O)C(=O)O. The number of H-pyrrole nitrogens is 1. The second-order valence-corrected chi connectivity index (χ2v) is 15.3. The number of hydrogen-bond donors (Lipinski definition) is 9. The molecule has 22 heteroatoms. The van der Waals surface area contributed by atoms with Gasteiger partial charge < -0.3 is 66.5 Å². The average molecular weight is 899 g/mol. The highest BCUT2D eigenvalue weighted by Crippen LogP contribution is 2.19. The lowest BCUT2D eigenvalue weighted by Crippen LogP contribution is -2.55. The maximum absolute atomic E-state index is 13.0. The van der Waals surface area contributed by atoms with Crippen LogP contribution in [0.25, 0.3) is 0 Å². The molecule has 0 bridgehead atoms. The third-order valence-corrected chi connectivity index (χ3v) is 9.45. The molecule has 63 heavy (non-hydrogen) atoms. The highest BCUT2D eigenvalue weighted by molar-refractivity contribution is 5.95. The zero-order chi connectivity index (χ0) is 46.9. The minimum atomic E-state index is -1.33. The summed E-state index contributed by atoms with van der Waals surface area (Å²) in [6, 6.07) is -2.06. The number of carbonyl (C=O) groups is 8. The van der Waals surface area contributed by atoms with E-state index in [4.69, 9.17) is 24.7 Å². The molecule has 22 nitrogen and oxygen atoms in total. The van der Waals surface area contributed by atoms with E-state index in [0.717, 1.165) is 19.3 Å². The van der Waals surface area contributed by atoms with Crippen LogP contribution in [0.2, 0.25) is 0 Å². The number of amides is 5. The van der Waals surface area contributed by atoms with E-state index in [1.165, 1.54) is 20.2 Å². The topological polar surface area (TPSA) is 329 Å². The maximum Gasteiger partial charge on any atom is 0.326 e. The zero-order valence-corrected chi connectivity index (χ0v) is 37.0. The fourth-order valence-electron chi connectivity index (χ4n) is 5.73. The van der Waals surface area contributed by atoms with Gasteiger partial charge in [0.2, 0.25) is 29.5 Å². The molecular formula is C41H70N8O14. The Kier molecular flexibility index (Phi) is 29.8. The van der Waals surface area contributed by atoms with Gasteiger partial charge in [-0.15, -0.1) is 0 Å². The first-order valence-electron chi connectivity index (χ1n) is 21.5. The first-order chi connectivity index (χ1) is 30.0. The van der Waals surface area contributed by atoms with E-state index in [1.54, 1.807) is 6.20 Å². The molecule has 0 aliphatic heterocycles. The summed E-state index contributed by atoms with van der Waals surface area (Å²) < 4.78 is 21.3. The number of ether oxygens (including phenoxy) is 4. The van der Waals surface area contributed by atoms with Crippen molar-refractivity contribution in [3.8, 4) is 0 Å². The molecule has 10 N–H and O–H groups in total. The summed E-state index contributed by atoms with van der Waals surface area (Å²) in [5, 5.41) is 32.1. The minimum Gasteiger partial charge on any atom is -0.481 e. The second kappa shape index (κ2) is 33.5. The Bertz CT molecular complexity index is 1530. The molecule has 0 aromatic carbocycles. The van der Waals surface area contributed by atoms with Crippen molar-refractivity contribution in [2.24, 2.45) is 11.7 Å². The molecule has 0 unspecified atom stereocenters. The van der Waals surface area contributed by atoms with Gasteiger partial charge in [0, 0.05) is 57.2 Å². The van der Waals surface area contributed by atoms with Gasteiger partial charge >= 0.3 is 11.9 Å². The summed E-state index contributed by atoms with van der Waals surface area (Å²) >= 11 is 0. The predicted molar refractivity (Wildman–Crippen MR) is 227 cm³/mol. The molecule has 1 aromatic rings. The number of aromatic amines is 1. The number of aromatic nitrogens is 2. The summed E-state index contributed by atoms with van der Waals surface area (Å²) in [6.07, 6.45) is 7.81. The molecule has 358 valence electrons. The molecule has 0 spiro atoms. The number of Topliss-reactive ketones (excluding diaryl/α,β-unsaturated/α-hetero) is 1. The first-order valence-corrected chi connectivity index (χ1v) is 21.5.